The number of hydrogen-bond donors (Lipinski definition) is 1. The summed E-state index contributed by atoms with van der Waals surface area (Å²) in [6.45, 7) is 1.51. The molecule has 0 spiro atoms. The van der Waals surface area contributed by atoms with E-state index in [2.05, 4.69) is 23.5 Å². The van der Waals surface area contributed by atoms with E-state index in [0.717, 1.165) is 37.7 Å². The van der Waals surface area contributed by atoms with Crippen LogP contribution in [0, 0.1) is 5.92 Å². The fourth-order valence-corrected chi connectivity index (χ4v) is 5.17. The monoisotopic (exact) mass is 443 g/mol. The number of amides is 4. The van der Waals surface area contributed by atoms with Crippen LogP contribution in [0.3, 0.4) is 0 Å². The van der Waals surface area contributed by atoms with Crippen LogP contribution in [-0.4, -0.2) is 46.8 Å². The van der Waals surface area contributed by atoms with Gasteiger partial charge < -0.3 is 10.2 Å². The van der Waals surface area contributed by atoms with Crippen molar-refractivity contribution in [3.8, 4) is 0 Å². The van der Waals surface area contributed by atoms with Crippen molar-refractivity contribution in [3.63, 3.8) is 0 Å². The highest BCUT2D eigenvalue weighted by Gasteiger charge is 2.41. The molecule has 6 heteroatoms. The van der Waals surface area contributed by atoms with Crippen LogP contribution in [0.1, 0.15) is 53.6 Å². The first kappa shape index (κ1) is 21.4. The minimum atomic E-state index is -0.308. The van der Waals surface area contributed by atoms with E-state index in [1.165, 1.54) is 16.0 Å². The highest BCUT2D eigenvalue weighted by molar-refractivity contribution is 5.99. The van der Waals surface area contributed by atoms with Crippen LogP contribution in [-0.2, 0) is 11.3 Å². The summed E-state index contributed by atoms with van der Waals surface area (Å²) in [5.41, 5.74) is 3.95. The third-order valence-corrected chi connectivity index (χ3v) is 7.09. The molecular weight excluding hydrogens is 414 g/mol. The summed E-state index contributed by atoms with van der Waals surface area (Å²) in [5, 5.41) is 3.01. The first-order chi connectivity index (χ1) is 16.1. The van der Waals surface area contributed by atoms with Crippen molar-refractivity contribution in [1.82, 2.24) is 15.1 Å². The van der Waals surface area contributed by atoms with E-state index in [9.17, 15) is 14.4 Å². The number of fused-ring (bicyclic) bond motifs is 1. The Labute approximate surface area is 194 Å². The Kier molecular flexibility index (Phi) is 5.99. The fraction of sp³-hybridized carbons (Fsp3) is 0.370. The molecule has 2 atom stereocenters. The molecular formula is C27H29N3O3. The normalized spacial score (nSPS) is 23.0. The molecule has 0 aromatic heterocycles. The van der Waals surface area contributed by atoms with E-state index in [-0.39, 0.29) is 36.3 Å². The van der Waals surface area contributed by atoms with Crippen molar-refractivity contribution in [2.75, 3.05) is 13.1 Å². The van der Waals surface area contributed by atoms with Gasteiger partial charge in [0.25, 0.3) is 5.91 Å². The van der Waals surface area contributed by atoms with Gasteiger partial charge in [-0.1, -0.05) is 61.4 Å². The number of nitrogens with zero attached hydrogens (tertiary/aromatic N) is 2. The zero-order valence-electron chi connectivity index (χ0n) is 18.7. The van der Waals surface area contributed by atoms with E-state index < -0.39 is 0 Å². The van der Waals surface area contributed by atoms with Gasteiger partial charge >= 0.3 is 6.03 Å². The molecule has 5 rings (SSSR count). The summed E-state index contributed by atoms with van der Waals surface area (Å²) < 4.78 is 0. The molecule has 2 aromatic carbocycles. The van der Waals surface area contributed by atoms with E-state index >= 15 is 0 Å². The van der Waals surface area contributed by atoms with Crippen molar-refractivity contribution in [2.45, 2.75) is 44.7 Å². The van der Waals surface area contributed by atoms with Crippen molar-refractivity contribution >= 4 is 23.4 Å². The van der Waals surface area contributed by atoms with Crippen molar-refractivity contribution in [3.05, 3.63) is 77.4 Å². The highest BCUT2D eigenvalue weighted by atomic mass is 16.2. The van der Waals surface area contributed by atoms with Crippen LogP contribution in [0.25, 0.3) is 5.57 Å². The Balaban J connectivity index is 1.22. The second-order valence-electron chi connectivity index (χ2n) is 9.16. The van der Waals surface area contributed by atoms with Crippen LogP contribution < -0.4 is 5.32 Å². The number of hydrogen-bond acceptors (Lipinski definition) is 3. The first-order valence-electron chi connectivity index (χ1n) is 11.8. The Morgan fingerprint density at radius 2 is 1.73 bits per heavy atom. The molecule has 1 N–H and O–H groups in total. The molecule has 3 aliphatic rings. The maximum Gasteiger partial charge on any atom is 0.324 e. The smallest absolute Gasteiger partial charge is 0.324 e. The maximum absolute atomic E-state index is 13.0. The summed E-state index contributed by atoms with van der Waals surface area (Å²) in [7, 11) is 0. The Bertz CT molecular complexity index is 1080. The highest BCUT2D eigenvalue weighted by Crippen LogP contribution is 2.30. The molecule has 2 heterocycles. The molecule has 4 amide bonds. The fourth-order valence-electron chi connectivity index (χ4n) is 5.17. The van der Waals surface area contributed by atoms with Crippen LogP contribution in [0.5, 0.6) is 0 Å². The number of carbonyl (C=O) groups is 3. The van der Waals surface area contributed by atoms with Gasteiger partial charge in [0.15, 0.2) is 0 Å². The van der Waals surface area contributed by atoms with Crippen molar-refractivity contribution < 1.29 is 14.4 Å². The summed E-state index contributed by atoms with van der Waals surface area (Å²) in [4.78, 5) is 41.5. The number of benzene rings is 2. The average molecular weight is 444 g/mol. The number of rotatable bonds is 4. The summed E-state index contributed by atoms with van der Waals surface area (Å²) in [6, 6.07) is 17.2. The lowest BCUT2D eigenvalue weighted by molar-refractivity contribution is -0.137. The van der Waals surface area contributed by atoms with Gasteiger partial charge in [-0.15, -0.1) is 0 Å². The largest absolute Gasteiger partial charge is 0.335 e. The van der Waals surface area contributed by atoms with Gasteiger partial charge in [0.05, 0.1) is 12.5 Å². The molecule has 0 bridgehead atoms. The molecule has 6 nitrogen and oxygen atoms in total. The average Bonchev–Trinajstić information content (AvgIpc) is 2.87. The lowest BCUT2D eigenvalue weighted by Crippen LogP contribution is -2.60. The number of nitrogens with one attached hydrogen (secondary N) is 1. The van der Waals surface area contributed by atoms with Gasteiger partial charge in [-0.3, -0.25) is 14.5 Å². The molecule has 2 aromatic rings. The number of carbonyl (C=O) groups excluding carboxylic acids is 3. The van der Waals surface area contributed by atoms with Crippen LogP contribution in [0.2, 0.25) is 0 Å². The topological polar surface area (TPSA) is 69.7 Å². The van der Waals surface area contributed by atoms with Crippen molar-refractivity contribution in [2.24, 2.45) is 5.92 Å². The molecule has 170 valence electrons. The van der Waals surface area contributed by atoms with Gasteiger partial charge in [-0.05, 0) is 48.1 Å². The van der Waals surface area contributed by atoms with E-state index in [4.69, 9.17) is 0 Å². The van der Waals surface area contributed by atoms with Crippen LogP contribution >= 0.6 is 0 Å². The summed E-state index contributed by atoms with van der Waals surface area (Å²) in [5.74, 6) is -0.176. The first-order valence-corrected chi connectivity index (χ1v) is 11.8. The lowest BCUT2D eigenvalue weighted by Gasteiger charge is -2.40. The SMILES string of the molecule is O=C(c1ccc(CN2C(=O)NC3CCCCC3C2=O)cc1)N1CC=C(c2ccccc2)CC1. The molecule has 2 aliphatic heterocycles. The molecule has 33 heavy (non-hydrogen) atoms. The van der Waals surface area contributed by atoms with Gasteiger partial charge in [-0.2, -0.15) is 0 Å². The second-order valence-corrected chi connectivity index (χ2v) is 9.16. The van der Waals surface area contributed by atoms with Gasteiger partial charge in [-0.25, -0.2) is 4.79 Å². The maximum atomic E-state index is 13.0. The number of imide groups is 1. The van der Waals surface area contributed by atoms with Gasteiger partial charge in [0.1, 0.15) is 0 Å². The molecule has 1 saturated heterocycles. The quantitative estimate of drug-likeness (QED) is 0.769. The molecule has 0 radical (unpaired) electrons. The Hall–Kier alpha value is -3.41. The Morgan fingerprint density at radius 1 is 0.970 bits per heavy atom. The Morgan fingerprint density at radius 3 is 2.45 bits per heavy atom. The third-order valence-electron chi connectivity index (χ3n) is 7.09. The number of urea groups is 1. The molecule has 1 aliphatic carbocycles. The zero-order chi connectivity index (χ0) is 22.8. The zero-order valence-corrected chi connectivity index (χ0v) is 18.7. The lowest BCUT2D eigenvalue weighted by atomic mass is 9.82. The molecule has 1 saturated carbocycles. The van der Waals surface area contributed by atoms with Crippen molar-refractivity contribution in [1.29, 1.82) is 0 Å². The minimum Gasteiger partial charge on any atom is -0.335 e. The summed E-state index contributed by atoms with van der Waals surface area (Å²) >= 11 is 0. The molecule has 2 unspecified atom stereocenters. The molecule has 2 fully saturated rings. The standard InChI is InChI=1S/C27H29N3O3/c31-25(29-16-14-21(15-17-29)20-6-2-1-3-7-20)22-12-10-19(11-13-22)18-30-26(32)23-8-4-5-9-24(23)28-27(30)33/h1-3,6-7,10-14,23-24H,4-5,8-9,15-18H2,(H,28,33). The van der Waals surface area contributed by atoms with Gasteiger partial charge in [0, 0.05) is 24.7 Å². The minimum absolute atomic E-state index is 0.00162. The van der Waals surface area contributed by atoms with E-state index in [0.29, 0.717) is 18.7 Å². The predicted molar refractivity (Wildman–Crippen MR) is 126 cm³/mol. The second kappa shape index (κ2) is 9.22. The van der Waals surface area contributed by atoms with Crippen LogP contribution in [0.15, 0.2) is 60.7 Å². The van der Waals surface area contributed by atoms with E-state index in [1.807, 2.05) is 35.2 Å². The third kappa shape index (κ3) is 4.42. The predicted octanol–water partition coefficient (Wildman–Crippen LogP) is 4.23. The summed E-state index contributed by atoms with van der Waals surface area (Å²) in [6.07, 6.45) is 6.78. The van der Waals surface area contributed by atoms with Crippen LogP contribution in [0.4, 0.5) is 4.79 Å². The van der Waals surface area contributed by atoms with E-state index in [1.54, 1.807) is 12.1 Å². The van der Waals surface area contributed by atoms with Gasteiger partial charge in [0.2, 0.25) is 5.91 Å².